The van der Waals surface area contributed by atoms with Crippen LogP contribution < -0.4 is 5.73 Å². The van der Waals surface area contributed by atoms with Gasteiger partial charge in [-0.2, -0.15) is 0 Å². The molecule has 0 aromatic rings. The van der Waals surface area contributed by atoms with E-state index in [-0.39, 0.29) is 0 Å². The third-order valence-corrected chi connectivity index (χ3v) is 1.34. The monoisotopic (exact) mass is 129 g/mol. The number of hydrogen-bond acceptors (Lipinski definition) is 2. The average molecular weight is 129 g/mol. The quantitative estimate of drug-likeness (QED) is 0.577. The third kappa shape index (κ3) is 4.15. The topological polar surface area (TPSA) is 43.1 Å². The molecule has 0 aromatic carbocycles. The van der Waals surface area contributed by atoms with Crippen molar-refractivity contribution >= 4 is 6.29 Å². The summed E-state index contributed by atoms with van der Waals surface area (Å²) in [4.78, 5) is 10.2. The smallest absolute Gasteiger partial charge is 0.139 e. The molecule has 1 atom stereocenters. The molecule has 0 fully saturated rings. The summed E-state index contributed by atoms with van der Waals surface area (Å²) in [6.45, 7) is 3.84. The first-order valence-corrected chi connectivity index (χ1v) is 3.37. The van der Waals surface area contributed by atoms with Gasteiger partial charge in [0.15, 0.2) is 0 Å². The van der Waals surface area contributed by atoms with Crippen LogP contribution in [0.5, 0.6) is 0 Å². The average Bonchev–Trinajstić information content (AvgIpc) is 1.84. The normalized spacial score (nSPS) is 16.8. The van der Waals surface area contributed by atoms with Gasteiger partial charge in [-0.05, 0) is 13.3 Å². The number of carbonyl (C=O) groups is 1. The molecule has 0 rings (SSSR count). The van der Waals surface area contributed by atoms with E-state index >= 15 is 0 Å². The standard InChI is InChI=1S/C7H15NO/c1-3-4-5-7(2,8)6-9/h6H,3-5,8H2,1-2H3. The number of unbranched alkanes of at least 4 members (excludes halogenated alkanes) is 1. The van der Waals surface area contributed by atoms with Gasteiger partial charge < -0.3 is 10.5 Å². The second-order valence-corrected chi connectivity index (χ2v) is 2.73. The molecule has 0 saturated carbocycles. The maximum absolute atomic E-state index is 10.2. The summed E-state index contributed by atoms with van der Waals surface area (Å²) in [6, 6.07) is 0. The van der Waals surface area contributed by atoms with Gasteiger partial charge in [0.25, 0.3) is 0 Å². The molecule has 0 aliphatic rings. The van der Waals surface area contributed by atoms with Crippen LogP contribution >= 0.6 is 0 Å². The molecule has 1 unspecified atom stereocenters. The summed E-state index contributed by atoms with van der Waals surface area (Å²) in [5.74, 6) is 0. The second-order valence-electron chi connectivity index (χ2n) is 2.73. The fourth-order valence-electron chi connectivity index (χ4n) is 0.617. The summed E-state index contributed by atoms with van der Waals surface area (Å²) in [7, 11) is 0. The summed E-state index contributed by atoms with van der Waals surface area (Å²) in [5.41, 5.74) is 4.95. The Bertz CT molecular complexity index is 88.9. The molecule has 0 radical (unpaired) electrons. The maximum atomic E-state index is 10.2. The summed E-state index contributed by atoms with van der Waals surface area (Å²) in [5, 5.41) is 0. The zero-order chi connectivity index (χ0) is 7.33. The van der Waals surface area contributed by atoms with E-state index in [1.807, 2.05) is 0 Å². The molecule has 0 heterocycles. The molecular weight excluding hydrogens is 114 g/mol. The van der Waals surface area contributed by atoms with Gasteiger partial charge in [-0.25, -0.2) is 0 Å². The highest BCUT2D eigenvalue weighted by atomic mass is 16.1. The molecule has 0 spiro atoms. The van der Waals surface area contributed by atoms with Gasteiger partial charge >= 0.3 is 0 Å². The summed E-state index contributed by atoms with van der Waals surface area (Å²) >= 11 is 0. The van der Waals surface area contributed by atoms with Crippen LogP contribution in [-0.2, 0) is 4.79 Å². The lowest BCUT2D eigenvalue weighted by molar-refractivity contribution is -0.112. The number of aldehydes is 1. The van der Waals surface area contributed by atoms with Gasteiger partial charge in [0.2, 0.25) is 0 Å². The van der Waals surface area contributed by atoms with Crippen LogP contribution in [0.2, 0.25) is 0 Å². The van der Waals surface area contributed by atoms with E-state index in [1.54, 1.807) is 6.92 Å². The van der Waals surface area contributed by atoms with Gasteiger partial charge in [-0.15, -0.1) is 0 Å². The second kappa shape index (κ2) is 3.62. The van der Waals surface area contributed by atoms with Crippen LogP contribution in [0.15, 0.2) is 0 Å². The first-order chi connectivity index (χ1) is 4.12. The Hall–Kier alpha value is -0.370. The van der Waals surface area contributed by atoms with Crippen LogP contribution in [0.4, 0.5) is 0 Å². The minimum Gasteiger partial charge on any atom is -0.319 e. The van der Waals surface area contributed by atoms with Crippen molar-refractivity contribution in [3.63, 3.8) is 0 Å². The molecule has 0 saturated heterocycles. The Labute approximate surface area is 56.4 Å². The van der Waals surface area contributed by atoms with E-state index in [2.05, 4.69) is 6.92 Å². The molecule has 2 heteroatoms. The first kappa shape index (κ1) is 8.63. The molecule has 0 aliphatic carbocycles. The van der Waals surface area contributed by atoms with Crippen molar-refractivity contribution in [3.8, 4) is 0 Å². The lowest BCUT2D eigenvalue weighted by Gasteiger charge is -2.14. The Balaban J connectivity index is 3.45. The first-order valence-electron chi connectivity index (χ1n) is 3.37. The molecule has 9 heavy (non-hydrogen) atoms. The van der Waals surface area contributed by atoms with Gasteiger partial charge in [0.1, 0.15) is 6.29 Å². The fraction of sp³-hybridized carbons (Fsp3) is 0.857. The van der Waals surface area contributed by atoms with E-state index < -0.39 is 5.54 Å². The lowest BCUT2D eigenvalue weighted by Crippen LogP contribution is -2.37. The number of rotatable bonds is 4. The van der Waals surface area contributed by atoms with Gasteiger partial charge in [-0.1, -0.05) is 19.8 Å². The molecule has 2 nitrogen and oxygen atoms in total. The number of nitrogens with two attached hydrogens (primary N) is 1. The summed E-state index contributed by atoms with van der Waals surface area (Å²) in [6.07, 6.45) is 3.75. The van der Waals surface area contributed by atoms with Crippen LogP contribution in [0.3, 0.4) is 0 Å². The molecule has 0 aromatic heterocycles. The Morgan fingerprint density at radius 1 is 1.67 bits per heavy atom. The van der Waals surface area contributed by atoms with Crippen molar-refractivity contribution in [2.75, 3.05) is 0 Å². The Morgan fingerprint density at radius 3 is 2.56 bits per heavy atom. The van der Waals surface area contributed by atoms with E-state index in [9.17, 15) is 4.79 Å². The van der Waals surface area contributed by atoms with Gasteiger partial charge in [0.05, 0.1) is 5.54 Å². The minimum absolute atomic E-state index is 0.587. The molecular formula is C7H15NO. The predicted molar refractivity (Wildman–Crippen MR) is 38.2 cm³/mol. The van der Waals surface area contributed by atoms with Crippen molar-refractivity contribution in [2.24, 2.45) is 5.73 Å². The van der Waals surface area contributed by atoms with E-state index in [1.165, 1.54) is 0 Å². The highest BCUT2D eigenvalue weighted by molar-refractivity contribution is 5.62. The fourth-order valence-corrected chi connectivity index (χ4v) is 0.617. The zero-order valence-electron chi connectivity index (χ0n) is 6.18. The van der Waals surface area contributed by atoms with Crippen LogP contribution in [0.1, 0.15) is 33.1 Å². The minimum atomic E-state index is -0.587. The van der Waals surface area contributed by atoms with E-state index in [4.69, 9.17) is 5.73 Å². The van der Waals surface area contributed by atoms with Gasteiger partial charge in [0, 0.05) is 0 Å². The Morgan fingerprint density at radius 2 is 2.22 bits per heavy atom. The Kier molecular flexibility index (Phi) is 3.47. The molecule has 54 valence electrons. The highest BCUT2D eigenvalue weighted by Crippen LogP contribution is 2.06. The maximum Gasteiger partial charge on any atom is 0.139 e. The summed E-state index contributed by atoms with van der Waals surface area (Å²) < 4.78 is 0. The lowest BCUT2D eigenvalue weighted by atomic mass is 9.99. The zero-order valence-corrected chi connectivity index (χ0v) is 6.18. The van der Waals surface area contributed by atoms with Crippen molar-refractivity contribution < 1.29 is 4.79 Å². The SMILES string of the molecule is CCCCC(C)(N)C=O. The van der Waals surface area contributed by atoms with E-state index in [0.717, 1.165) is 25.5 Å². The highest BCUT2D eigenvalue weighted by Gasteiger charge is 2.14. The van der Waals surface area contributed by atoms with Crippen molar-refractivity contribution in [1.29, 1.82) is 0 Å². The van der Waals surface area contributed by atoms with Crippen molar-refractivity contribution in [2.45, 2.75) is 38.6 Å². The number of hydrogen-bond donors (Lipinski definition) is 1. The molecule has 2 N–H and O–H groups in total. The molecule has 0 amide bonds. The number of carbonyl (C=O) groups excluding carboxylic acids is 1. The van der Waals surface area contributed by atoms with Crippen molar-refractivity contribution in [3.05, 3.63) is 0 Å². The third-order valence-electron chi connectivity index (χ3n) is 1.34. The molecule has 0 bridgehead atoms. The van der Waals surface area contributed by atoms with Crippen LogP contribution in [0, 0.1) is 0 Å². The largest absolute Gasteiger partial charge is 0.319 e. The van der Waals surface area contributed by atoms with Crippen molar-refractivity contribution in [1.82, 2.24) is 0 Å². The van der Waals surface area contributed by atoms with Crippen LogP contribution in [0.25, 0.3) is 0 Å². The van der Waals surface area contributed by atoms with E-state index in [0.29, 0.717) is 0 Å². The van der Waals surface area contributed by atoms with Crippen LogP contribution in [-0.4, -0.2) is 11.8 Å². The molecule has 0 aliphatic heterocycles. The predicted octanol–water partition coefficient (Wildman–Crippen LogP) is 1.09. The van der Waals surface area contributed by atoms with Gasteiger partial charge in [-0.3, -0.25) is 0 Å².